The van der Waals surface area contributed by atoms with E-state index in [1.807, 2.05) is 36.4 Å². The Morgan fingerprint density at radius 1 is 0.786 bits per heavy atom. The summed E-state index contributed by atoms with van der Waals surface area (Å²) in [6.45, 7) is 0. The fourth-order valence-corrected chi connectivity index (χ4v) is 5.30. The van der Waals surface area contributed by atoms with E-state index in [1.165, 1.54) is 6.42 Å². The first-order chi connectivity index (χ1) is 13.7. The number of benzene rings is 2. The van der Waals surface area contributed by atoms with Gasteiger partial charge in [-0.2, -0.15) is 10.2 Å². The molecule has 1 heterocycles. The summed E-state index contributed by atoms with van der Waals surface area (Å²) in [6, 6.07) is 16.1. The first-order valence-corrected chi connectivity index (χ1v) is 10.4. The molecule has 3 atom stereocenters. The monoisotopic (exact) mass is 371 g/mol. The summed E-state index contributed by atoms with van der Waals surface area (Å²) in [4.78, 5) is 13.3. The molecule has 2 N–H and O–H groups in total. The molecule has 2 aromatic carbocycles. The van der Waals surface area contributed by atoms with E-state index < -0.39 is 0 Å². The smallest absolute Gasteiger partial charge is 0.141 e. The number of anilines is 1. The Kier molecular flexibility index (Phi) is 4.34. The lowest BCUT2D eigenvalue weighted by atomic mass is 9.67. The Morgan fingerprint density at radius 3 is 2.29 bits per heavy atom. The first-order valence-electron chi connectivity index (χ1n) is 10.4. The van der Waals surface area contributed by atoms with E-state index >= 15 is 0 Å². The third-order valence-electron chi connectivity index (χ3n) is 6.64. The van der Waals surface area contributed by atoms with E-state index in [-0.39, 0.29) is 17.8 Å². The van der Waals surface area contributed by atoms with Crippen molar-refractivity contribution in [2.75, 3.05) is 5.73 Å². The van der Waals surface area contributed by atoms with Crippen LogP contribution in [0.2, 0.25) is 0 Å². The van der Waals surface area contributed by atoms with Crippen molar-refractivity contribution >= 4 is 22.9 Å². The summed E-state index contributed by atoms with van der Waals surface area (Å²) in [5, 5.41) is 9.45. The molecule has 2 aromatic rings. The number of carbonyl (C=O) groups excluding carboxylic acids is 1. The van der Waals surface area contributed by atoms with Gasteiger partial charge in [0.15, 0.2) is 0 Å². The van der Waals surface area contributed by atoms with Crippen LogP contribution in [0.15, 0.2) is 58.7 Å². The van der Waals surface area contributed by atoms with Gasteiger partial charge in [0.2, 0.25) is 0 Å². The Bertz CT molecular complexity index is 991. The number of hydrogen-bond acceptors (Lipinski definition) is 4. The molecule has 3 unspecified atom stereocenters. The number of fused-ring (bicyclic) bond motifs is 2. The van der Waals surface area contributed by atoms with Crippen molar-refractivity contribution in [3.63, 3.8) is 0 Å². The average Bonchev–Trinajstić information content (AvgIpc) is 2.80. The van der Waals surface area contributed by atoms with Crippen molar-refractivity contribution in [3.8, 4) is 0 Å². The third kappa shape index (κ3) is 2.79. The number of Topliss-reactive ketones (excluding diaryl/α,β-unsaturated/α-hetero) is 1. The lowest BCUT2D eigenvalue weighted by molar-refractivity contribution is -0.123. The Morgan fingerprint density at radius 2 is 1.46 bits per heavy atom. The zero-order chi connectivity index (χ0) is 19.1. The van der Waals surface area contributed by atoms with Crippen molar-refractivity contribution < 1.29 is 4.79 Å². The highest BCUT2D eigenvalue weighted by atomic mass is 16.1. The Hall–Kier alpha value is -2.75. The quantitative estimate of drug-likeness (QED) is 0.754. The molecular weight excluding hydrogens is 346 g/mol. The molecule has 4 heteroatoms. The maximum atomic E-state index is 13.3. The molecule has 0 saturated heterocycles. The fourth-order valence-electron chi connectivity index (χ4n) is 5.30. The van der Waals surface area contributed by atoms with E-state index in [4.69, 9.17) is 15.9 Å². The Balaban J connectivity index is 1.72. The number of nitrogen functional groups attached to an aromatic ring is 1. The van der Waals surface area contributed by atoms with Gasteiger partial charge in [0.1, 0.15) is 5.78 Å². The maximum absolute atomic E-state index is 13.3. The molecule has 1 fully saturated rings. The van der Waals surface area contributed by atoms with Crippen LogP contribution in [0.1, 0.15) is 48.8 Å². The van der Waals surface area contributed by atoms with Gasteiger partial charge in [-0.3, -0.25) is 4.79 Å². The van der Waals surface area contributed by atoms with Crippen molar-refractivity contribution in [2.45, 2.75) is 38.5 Å². The summed E-state index contributed by atoms with van der Waals surface area (Å²) in [6.07, 6.45) is 5.93. The van der Waals surface area contributed by atoms with E-state index in [2.05, 4.69) is 12.1 Å². The highest BCUT2D eigenvalue weighted by molar-refractivity contribution is 6.16. The largest absolute Gasteiger partial charge is 0.398 e. The molecular formula is C24H25N3O. The molecule has 3 aliphatic rings. The zero-order valence-corrected chi connectivity index (χ0v) is 16.0. The van der Waals surface area contributed by atoms with Gasteiger partial charge in [0.25, 0.3) is 0 Å². The second-order valence-electron chi connectivity index (χ2n) is 8.23. The molecule has 0 radical (unpaired) electrons. The van der Waals surface area contributed by atoms with Gasteiger partial charge >= 0.3 is 0 Å². The number of ketones is 1. The predicted octanol–water partition coefficient (Wildman–Crippen LogP) is 4.41. The van der Waals surface area contributed by atoms with E-state index in [0.717, 1.165) is 59.5 Å². The molecule has 2 aliphatic carbocycles. The minimum absolute atomic E-state index is 0.0203. The van der Waals surface area contributed by atoms with Crippen LogP contribution in [0, 0.1) is 17.8 Å². The van der Waals surface area contributed by atoms with Crippen LogP contribution < -0.4 is 5.73 Å². The molecule has 0 spiro atoms. The van der Waals surface area contributed by atoms with Gasteiger partial charge in [-0.05, 0) is 24.5 Å². The summed E-state index contributed by atoms with van der Waals surface area (Å²) in [5.41, 5.74) is 12.2. The highest BCUT2D eigenvalue weighted by Gasteiger charge is 2.45. The normalized spacial score (nSPS) is 26.7. The van der Waals surface area contributed by atoms with E-state index in [9.17, 15) is 4.79 Å². The third-order valence-corrected chi connectivity index (χ3v) is 6.64. The average molecular weight is 371 g/mol. The van der Waals surface area contributed by atoms with Crippen LogP contribution in [0.25, 0.3) is 0 Å². The molecule has 0 amide bonds. The molecule has 28 heavy (non-hydrogen) atoms. The molecule has 0 bridgehead atoms. The number of nitrogens with two attached hydrogens (primary N) is 1. The number of para-hydroxylation sites is 1. The van der Waals surface area contributed by atoms with Crippen molar-refractivity contribution in [2.24, 2.45) is 28.0 Å². The summed E-state index contributed by atoms with van der Waals surface area (Å²) in [5.74, 6) is 0.671. The molecule has 5 rings (SSSR count). The topological polar surface area (TPSA) is 67.8 Å². The van der Waals surface area contributed by atoms with Crippen molar-refractivity contribution in [3.05, 3.63) is 65.2 Å². The van der Waals surface area contributed by atoms with E-state index in [1.54, 1.807) is 0 Å². The van der Waals surface area contributed by atoms with Gasteiger partial charge in [0, 0.05) is 41.0 Å². The number of nitrogens with zero attached hydrogens (tertiary/aromatic N) is 2. The SMILES string of the molecule is Nc1ccccc1C1=NN=C2c3ccccc3CC(=O)C3CCCCCC1C23. The predicted molar refractivity (Wildman–Crippen MR) is 113 cm³/mol. The number of carbonyl (C=O) groups is 1. The summed E-state index contributed by atoms with van der Waals surface area (Å²) >= 11 is 0. The molecule has 1 saturated carbocycles. The summed E-state index contributed by atoms with van der Waals surface area (Å²) < 4.78 is 0. The van der Waals surface area contributed by atoms with Crippen LogP contribution in [0.5, 0.6) is 0 Å². The van der Waals surface area contributed by atoms with Gasteiger partial charge in [0.05, 0.1) is 11.4 Å². The number of hydrogen-bond donors (Lipinski definition) is 1. The van der Waals surface area contributed by atoms with Crippen molar-refractivity contribution in [1.82, 2.24) is 0 Å². The molecule has 0 aromatic heterocycles. The highest BCUT2D eigenvalue weighted by Crippen LogP contribution is 2.43. The molecule has 4 nitrogen and oxygen atoms in total. The second kappa shape index (κ2) is 7.01. The van der Waals surface area contributed by atoms with Crippen LogP contribution in [0.4, 0.5) is 5.69 Å². The van der Waals surface area contributed by atoms with Gasteiger partial charge in [-0.1, -0.05) is 61.7 Å². The minimum Gasteiger partial charge on any atom is -0.398 e. The standard InChI is InChI=1S/C24H25N3O/c25-20-13-7-6-10-17(20)23-19-12-3-1-2-11-18-21(28)14-15-8-4-5-9-16(15)24(22(18)19)27-26-23/h4-10,13,18-19,22H,1-3,11-12,14,25H2. The molecule has 1 aliphatic heterocycles. The number of rotatable bonds is 1. The van der Waals surface area contributed by atoms with E-state index in [0.29, 0.717) is 12.2 Å². The van der Waals surface area contributed by atoms with Crippen LogP contribution in [-0.4, -0.2) is 17.2 Å². The Labute approximate surface area is 165 Å². The van der Waals surface area contributed by atoms with Crippen LogP contribution in [0.3, 0.4) is 0 Å². The van der Waals surface area contributed by atoms with Crippen LogP contribution >= 0.6 is 0 Å². The van der Waals surface area contributed by atoms with Crippen molar-refractivity contribution in [1.29, 1.82) is 0 Å². The summed E-state index contributed by atoms with van der Waals surface area (Å²) in [7, 11) is 0. The lowest BCUT2D eigenvalue weighted by Crippen LogP contribution is -2.41. The van der Waals surface area contributed by atoms with Gasteiger partial charge < -0.3 is 5.73 Å². The van der Waals surface area contributed by atoms with Gasteiger partial charge in [-0.25, -0.2) is 0 Å². The first kappa shape index (κ1) is 17.4. The van der Waals surface area contributed by atoms with Crippen LogP contribution in [-0.2, 0) is 11.2 Å². The fraction of sp³-hybridized carbons (Fsp3) is 0.375. The zero-order valence-electron chi connectivity index (χ0n) is 16.0. The lowest BCUT2D eigenvalue weighted by Gasteiger charge is -2.37. The second-order valence-corrected chi connectivity index (χ2v) is 8.23. The van der Waals surface area contributed by atoms with Gasteiger partial charge in [-0.15, -0.1) is 0 Å². The minimum atomic E-state index is 0.0203. The molecule has 142 valence electrons. The maximum Gasteiger partial charge on any atom is 0.141 e.